The summed E-state index contributed by atoms with van der Waals surface area (Å²) >= 11 is 0. The number of carboxylic acids is 1. The molecule has 0 radical (unpaired) electrons. The van der Waals surface area contributed by atoms with Crippen LogP contribution in [0.2, 0.25) is 0 Å². The first-order valence-electron chi connectivity index (χ1n) is 3.57. The third-order valence-corrected chi connectivity index (χ3v) is 3.94. The van der Waals surface area contributed by atoms with Crippen LogP contribution in [0.3, 0.4) is 0 Å². The summed E-state index contributed by atoms with van der Waals surface area (Å²) in [6.45, 7) is 2.78. The lowest BCUT2D eigenvalue weighted by Crippen LogP contribution is -2.22. The fourth-order valence-corrected chi connectivity index (χ4v) is 1.91. The smallest absolute Gasteiger partial charge is 0.306 e. The van der Waals surface area contributed by atoms with Crippen LogP contribution >= 0.6 is 7.37 Å². The highest BCUT2D eigenvalue weighted by atomic mass is 31.2. The summed E-state index contributed by atoms with van der Waals surface area (Å²) in [6, 6.07) is 0. The minimum Gasteiger partial charge on any atom is -0.481 e. The number of carbonyl (C=O) groups is 1. The molecule has 5 nitrogen and oxygen atoms in total. The van der Waals surface area contributed by atoms with Crippen LogP contribution in [0.4, 0.5) is 0 Å². The van der Waals surface area contributed by atoms with Crippen LogP contribution < -0.4 is 5.73 Å². The second-order valence-corrected chi connectivity index (χ2v) is 5.61. The van der Waals surface area contributed by atoms with Crippen LogP contribution in [0.5, 0.6) is 0 Å². The molecule has 72 valence electrons. The Labute approximate surface area is 71.0 Å². The largest absolute Gasteiger partial charge is 0.481 e. The Bertz CT molecular complexity index is 216. The van der Waals surface area contributed by atoms with Crippen LogP contribution in [-0.2, 0) is 9.36 Å². The van der Waals surface area contributed by atoms with E-state index in [4.69, 9.17) is 10.8 Å². The highest BCUT2D eigenvalue weighted by Gasteiger charge is 2.28. The first kappa shape index (κ1) is 11.6. The van der Waals surface area contributed by atoms with Crippen molar-refractivity contribution >= 4 is 13.3 Å². The quantitative estimate of drug-likeness (QED) is 0.559. The third kappa shape index (κ3) is 3.34. The summed E-state index contributed by atoms with van der Waals surface area (Å²) in [7, 11) is -3.48. The second kappa shape index (κ2) is 4.03. The minimum atomic E-state index is -3.48. The molecule has 0 aliphatic rings. The number of rotatable bonds is 4. The number of hydrogen-bond donors (Lipinski definition) is 3. The Morgan fingerprint density at radius 2 is 2.00 bits per heavy atom. The first-order chi connectivity index (χ1) is 5.27. The van der Waals surface area contributed by atoms with E-state index in [-0.39, 0.29) is 6.16 Å². The topological polar surface area (TPSA) is 101 Å². The normalized spacial score (nSPS) is 21.0. The van der Waals surface area contributed by atoms with Crippen molar-refractivity contribution < 1.29 is 19.4 Å². The molecule has 0 aliphatic carbocycles. The standard InChI is InChI=1S/C6H14NO4P/c1-4(6(8)9)3-12(10,11)5(2)7/h4-5H,3,7H2,1-2H3,(H,8,9)(H,10,11)/t4?,5-/m1/s1. The molecule has 12 heavy (non-hydrogen) atoms. The highest BCUT2D eigenvalue weighted by Crippen LogP contribution is 2.45. The van der Waals surface area contributed by atoms with Crippen LogP contribution in [-0.4, -0.2) is 27.9 Å². The molecule has 2 unspecified atom stereocenters. The molecule has 0 spiro atoms. The van der Waals surface area contributed by atoms with Crippen molar-refractivity contribution in [3.05, 3.63) is 0 Å². The fraction of sp³-hybridized carbons (Fsp3) is 0.833. The maximum Gasteiger partial charge on any atom is 0.306 e. The van der Waals surface area contributed by atoms with Gasteiger partial charge in [0.25, 0.3) is 0 Å². The molecule has 0 bridgehead atoms. The molecule has 0 rings (SSSR count). The van der Waals surface area contributed by atoms with Crippen molar-refractivity contribution in [3.8, 4) is 0 Å². The van der Waals surface area contributed by atoms with Crippen LogP contribution in [0, 0.1) is 5.92 Å². The molecule has 3 atom stereocenters. The Hall–Kier alpha value is -0.380. The van der Waals surface area contributed by atoms with Gasteiger partial charge in [-0.2, -0.15) is 0 Å². The molecule has 6 heteroatoms. The second-order valence-electron chi connectivity index (χ2n) is 2.92. The molecule has 0 fully saturated rings. The van der Waals surface area contributed by atoms with E-state index in [0.29, 0.717) is 0 Å². The zero-order valence-corrected chi connectivity index (χ0v) is 7.99. The Kier molecular flexibility index (Phi) is 3.90. The van der Waals surface area contributed by atoms with E-state index in [0.717, 1.165) is 0 Å². The molecule has 0 amide bonds. The lowest BCUT2D eigenvalue weighted by Gasteiger charge is -2.16. The van der Waals surface area contributed by atoms with Gasteiger partial charge in [-0.3, -0.25) is 9.36 Å². The van der Waals surface area contributed by atoms with Crippen molar-refractivity contribution in [2.45, 2.75) is 19.6 Å². The summed E-state index contributed by atoms with van der Waals surface area (Å²) < 4.78 is 11.2. The number of carboxylic acid groups (broad SMARTS) is 1. The van der Waals surface area contributed by atoms with Gasteiger partial charge >= 0.3 is 5.97 Å². The van der Waals surface area contributed by atoms with Crippen molar-refractivity contribution in [1.82, 2.24) is 0 Å². The lowest BCUT2D eigenvalue weighted by atomic mass is 10.2. The van der Waals surface area contributed by atoms with Crippen LogP contribution in [0.25, 0.3) is 0 Å². The van der Waals surface area contributed by atoms with Crippen molar-refractivity contribution in [2.24, 2.45) is 11.7 Å². The van der Waals surface area contributed by atoms with E-state index in [2.05, 4.69) is 0 Å². The summed E-state index contributed by atoms with van der Waals surface area (Å²) in [4.78, 5) is 19.5. The molecule has 4 N–H and O–H groups in total. The molecule has 0 heterocycles. The fourth-order valence-electron chi connectivity index (χ4n) is 0.637. The van der Waals surface area contributed by atoms with E-state index < -0.39 is 25.0 Å². The van der Waals surface area contributed by atoms with Gasteiger partial charge in [0, 0.05) is 6.16 Å². The maximum absolute atomic E-state index is 11.2. The average Bonchev–Trinajstić information content (AvgIpc) is 1.85. The van der Waals surface area contributed by atoms with Crippen molar-refractivity contribution in [3.63, 3.8) is 0 Å². The molecule has 0 aromatic heterocycles. The Balaban J connectivity index is 4.25. The van der Waals surface area contributed by atoms with E-state index in [9.17, 15) is 14.3 Å². The van der Waals surface area contributed by atoms with Crippen LogP contribution in [0.1, 0.15) is 13.8 Å². The predicted molar refractivity (Wildman–Crippen MR) is 45.1 cm³/mol. The third-order valence-electron chi connectivity index (χ3n) is 1.59. The maximum atomic E-state index is 11.2. The zero-order chi connectivity index (χ0) is 9.94. The SMILES string of the molecule is CC(CP(=O)(O)[C@H](C)N)C(=O)O. The molecular formula is C6H14NO4P. The number of nitrogens with two attached hydrogens (primary N) is 1. The van der Waals surface area contributed by atoms with Gasteiger partial charge in [0.1, 0.15) is 0 Å². The van der Waals surface area contributed by atoms with E-state index in [1.165, 1.54) is 13.8 Å². The van der Waals surface area contributed by atoms with Gasteiger partial charge in [-0.15, -0.1) is 0 Å². The van der Waals surface area contributed by atoms with Gasteiger partial charge in [0.05, 0.1) is 11.7 Å². The van der Waals surface area contributed by atoms with Gasteiger partial charge < -0.3 is 15.7 Å². The zero-order valence-electron chi connectivity index (χ0n) is 7.10. The molecule has 0 aromatic rings. The van der Waals surface area contributed by atoms with E-state index in [1.54, 1.807) is 0 Å². The van der Waals surface area contributed by atoms with Gasteiger partial charge in [0.2, 0.25) is 7.37 Å². The molecular weight excluding hydrogens is 181 g/mol. The average molecular weight is 195 g/mol. The molecule has 0 aliphatic heterocycles. The molecule has 0 saturated heterocycles. The van der Waals surface area contributed by atoms with Gasteiger partial charge in [-0.1, -0.05) is 6.92 Å². The first-order valence-corrected chi connectivity index (χ1v) is 5.48. The van der Waals surface area contributed by atoms with Gasteiger partial charge in [-0.25, -0.2) is 0 Å². The Morgan fingerprint density at radius 3 is 2.25 bits per heavy atom. The summed E-state index contributed by atoms with van der Waals surface area (Å²) in [5, 5.41) is 8.45. The van der Waals surface area contributed by atoms with Crippen molar-refractivity contribution in [2.75, 3.05) is 6.16 Å². The van der Waals surface area contributed by atoms with Gasteiger partial charge in [-0.05, 0) is 6.92 Å². The highest BCUT2D eigenvalue weighted by molar-refractivity contribution is 7.58. The van der Waals surface area contributed by atoms with E-state index in [1.807, 2.05) is 0 Å². The number of aliphatic carboxylic acids is 1. The van der Waals surface area contributed by atoms with Crippen LogP contribution in [0.15, 0.2) is 0 Å². The summed E-state index contributed by atoms with van der Waals surface area (Å²) in [6.07, 6.45) is -0.264. The van der Waals surface area contributed by atoms with Crippen molar-refractivity contribution in [1.29, 1.82) is 0 Å². The number of hydrogen-bond acceptors (Lipinski definition) is 3. The van der Waals surface area contributed by atoms with Gasteiger partial charge in [0.15, 0.2) is 0 Å². The predicted octanol–water partition coefficient (Wildman–Crippen LogP) is 0.282. The monoisotopic (exact) mass is 195 g/mol. The lowest BCUT2D eigenvalue weighted by molar-refractivity contribution is -0.140. The summed E-state index contributed by atoms with van der Waals surface area (Å²) in [5.74, 6) is -2.77. The van der Waals surface area contributed by atoms with E-state index >= 15 is 0 Å². The minimum absolute atomic E-state index is 0.264. The molecule has 0 aromatic carbocycles. The summed E-state index contributed by atoms with van der Waals surface area (Å²) in [5.41, 5.74) is 5.21. The molecule has 0 saturated carbocycles. The Morgan fingerprint density at radius 1 is 1.58 bits per heavy atom.